The van der Waals surface area contributed by atoms with Crippen molar-refractivity contribution in [2.24, 2.45) is 0 Å². The van der Waals surface area contributed by atoms with Crippen LogP contribution in [0.4, 0.5) is 0 Å². The van der Waals surface area contributed by atoms with Crippen molar-refractivity contribution in [3.05, 3.63) is 75.3 Å². The SMILES string of the molecule is CCN(CC)CCN1C(=O)C(=O)C(=C(O)c2ccc(Cl)cc2)[C@@H]1c1ccc(Cl)cc1. The van der Waals surface area contributed by atoms with Gasteiger partial charge in [0.15, 0.2) is 0 Å². The Morgan fingerprint density at radius 2 is 1.50 bits per heavy atom. The molecule has 5 nitrogen and oxygen atoms in total. The summed E-state index contributed by atoms with van der Waals surface area (Å²) in [5, 5.41) is 12.0. The van der Waals surface area contributed by atoms with Gasteiger partial charge in [0.05, 0.1) is 11.6 Å². The Balaban J connectivity index is 2.08. The van der Waals surface area contributed by atoms with E-state index in [0.29, 0.717) is 34.3 Å². The number of carbonyl (C=O) groups is 2. The quantitative estimate of drug-likeness (QED) is 0.378. The predicted molar refractivity (Wildman–Crippen MR) is 120 cm³/mol. The van der Waals surface area contributed by atoms with Gasteiger partial charge in [0.25, 0.3) is 11.7 Å². The highest BCUT2D eigenvalue weighted by Gasteiger charge is 2.45. The molecule has 1 heterocycles. The van der Waals surface area contributed by atoms with Crippen LogP contribution in [0.3, 0.4) is 0 Å². The van der Waals surface area contributed by atoms with Crippen LogP contribution in [0.2, 0.25) is 10.0 Å². The van der Waals surface area contributed by atoms with E-state index < -0.39 is 17.7 Å². The van der Waals surface area contributed by atoms with Gasteiger partial charge < -0.3 is 14.9 Å². The molecule has 1 aliphatic rings. The summed E-state index contributed by atoms with van der Waals surface area (Å²) in [7, 11) is 0. The summed E-state index contributed by atoms with van der Waals surface area (Å²) < 4.78 is 0. The Hall–Kier alpha value is -2.34. The molecule has 30 heavy (non-hydrogen) atoms. The van der Waals surface area contributed by atoms with Crippen LogP contribution in [0, 0.1) is 0 Å². The lowest BCUT2D eigenvalue weighted by Crippen LogP contribution is -2.38. The van der Waals surface area contributed by atoms with Crippen LogP contribution < -0.4 is 0 Å². The number of aliphatic hydroxyl groups is 1. The number of ketones is 1. The summed E-state index contributed by atoms with van der Waals surface area (Å²) in [4.78, 5) is 29.6. The normalized spacial score (nSPS) is 18.4. The van der Waals surface area contributed by atoms with E-state index in [2.05, 4.69) is 18.7 Å². The Labute approximate surface area is 186 Å². The molecule has 1 N–H and O–H groups in total. The van der Waals surface area contributed by atoms with Gasteiger partial charge in [-0.1, -0.05) is 49.2 Å². The van der Waals surface area contributed by atoms with Gasteiger partial charge in [-0.15, -0.1) is 0 Å². The summed E-state index contributed by atoms with van der Waals surface area (Å²) in [6, 6.07) is 12.8. The molecule has 0 aromatic heterocycles. The molecule has 0 spiro atoms. The number of nitrogens with zero attached hydrogens (tertiary/aromatic N) is 2. The molecular weight excluding hydrogens is 423 g/mol. The first-order chi connectivity index (χ1) is 14.4. The molecule has 2 aromatic rings. The molecule has 0 radical (unpaired) electrons. The van der Waals surface area contributed by atoms with E-state index in [0.717, 1.165) is 13.1 Å². The number of likely N-dealkylation sites (N-methyl/N-ethyl adjacent to an activating group) is 1. The maximum absolute atomic E-state index is 13.0. The second-order valence-electron chi connectivity index (χ2n) is 7.08. The molecule has 1 aliphatic heterocycles. The van der Waals surface area contributed by atoms with Crippen molar-refractivity contribution in [3.63, 3.8) is 0 Å². The molecule has 2 aromatic carbocycles. The van der Waals surface area contributed by atoms with E-state index in [1.54, 1.807) is 48.5 Å². The molecule has 1 saturated heterocycles. The zero-order valence-corrected chi connectivity index (χ0v) is 18.5. The highest BCUT2D eigenvalue weighted by atomic mass is 35.5. The number of amides is 1. The molecule has 0 aliphatic carbocycles. The van der Waals surface area contributed by atoms with Gasteiger partial charge in [-0.2, -0.15) is 0 Å². The first kappa shape index (κ1) is 22.3. The van der Waals surface area contributed by atoms with Gasteiger partial charge >= 0.3 is 0 Å². The van der Waals surface area contributed by atoms with Gasteiger partial charge in [0.1, 0.15) is 5.76 Å². The van der Waals surface area contributed by atoms with Crippen molar-refractivity contribution in [2.75, 3.05) is 26.2 Å². The number of rotatable bonds is 7. The van der Waals surface area contributed by atoms with Crippen molar-refractivity contribution in [1.82, 2.24) is 9.80 Å². The summed E-state index contributed by atoms with van der Waals surface area (Å²) in [5.41, 5.74) is 1.22. The molecular formula is C23H24Cl2N2O3. The first-order valence-corrected chi connectivity index (χ1v) is 10.6. The van der Waals surface area contributed by atoms with E-state index in [1.165, 1.54) is 4.90 Å². The van der Waals surface area contributed by atoms with Gasteiger partial charge in [-0.3, -0.25) is 9.59 Å². The average molecular weight is 447 g/mol. The fourth-order valence-electron chi connectivity index (χ4n) is 3.65. The largest absolute Gasteiger partial charge is 0.507 e. The maximum atomic E-state index is 13.0. The third kappa shape index (κ3) is 4.53. The molecule has 0 unspecified atom stereocenters. The minimum atomic E-state index is -0.693. The third-order valence-electron chi connectivity index (χ3n) is 5.39. The Morgan fingerprint density at radius 3 is 2.03 bits per heavy atom. The van der Waals surface area contributed by atoms with Gasteiger partial charge in [-0.25, -0.2) is 0 Å². The fraction of sp³-hybridized carbons (Fsp3) is 0.304. The van der Waals surface area contributed by atoms with E-state index >= 15 is 0 Å². The highest BCUT2D eigenvalue weighted by molar-refractivity contribution is 6.46. The van der Waals surface area contributed by atoms with Crippen molar-refractivity contribution in [3.8, 4) is 0 Å². The summed E-state index contributed by atoms with van der Waals surface area (Å²) in [6.45, 7) is 6.79. The van der Waals surface area contributed by atoms with Crippen LogP contribution in [-0.2, 0) is 9.59 Å². The number of hydrogen-bond donors (Lipinski definition) is 1. The highest BCUT2D eigenvalue weighted by Crippen LogP contribution is 2.39. The molecule has 7 heteroatoms. The summed E-state index contributed by atoms with van der Waals surface area (Å²) >= 11 is 12.0. The Kier molecular flexibility index (Phi) is 7.19. The van der Waals surface area contributed by atoms with E-state index in [-0.39, 0.29) is 11.3 Å². The first-order valence-electron chi connectivity index (χ1n) is 9.89. The minimum absolute atomic E-state index is 0.0733. The van der Waals surface area contributed by atoms with Gasteiger partial charge in [-0.05, 0) is 55.1 Å². The van der Waals surface area contributed by atoms with Crippen LogP contribution in [0.1, 0.15) is 31.0 Å². The summed E-state index contributed by atoms with van der Waals surface area (Å²) in [5.74, 6) is -1.52. The number of carbonyl (C=O) groups excluding carboxylic acids is 2. The zero-order chi connectivity index (χ0) is 21.8. The topological polar surface area (TPSA) is 60.9 Å². The van der Waals surface area contributed by atoms with Gasteiger partial charge in [0.2, 0.25) is 0 Å². The monoisotopic (exact) mass is 446 g/mol. The second-order valence-corrected chi connectivity index (χ2v) is 7.95. The van der Waals surface area contributed by atoms with Crippen LogP contribution in [0.15, 0.2) is 54.1 Å². The number of halogens is 2. The van der Waals surface area contributed by atoms with Crippen molar-refractivity contribution in [2.45, 2.75) is 19.9 Å². The number of Topliss-reactive ketones (excluding diaryl/α,β-unsaturated/α-hetero) is 1. The molecule has 3 rings (SSSR count). The smallest absolute Gasteiger partial charge is 0.295 e. The molecule has 1 fully saturated rings. The van der Waals surface area contributed by atoms with E-state index in [1.807, 2.05) is 0 Å². The van der Waals surface area contributed by atoms with E-state index in [9.17, 15) is 14.7 Å². The molecule has 1 amide bonds. The predicted octanol–water partition coefficient (Wildman–Crippen LogP) is 4.76. The number of benzene rings is 2. The minimum Gasteiger partial charge on any atom is -0.507 e. The maximum Gasteiger partial charge on any atom is 0.295 e. The lowest BCUT2D eigenvalue weighted by atomic mass is 9.95. The molecule has 158 valence electrons. The second kappa shape index (κ2) is 9.65. The van der Waals surface area contributed by atoms with Crippen LogP contribution >= 0.6 is 23.2 Å². The van der Waals surface area contributed by atoms with Crippen molar-refractivity contribution >= 4 is 40.7 Å². The zero-order valence-electron chi connectivity index (χ0n) is 16.9. The summed E-state index contributed by atoms with van der Waals surface area (Å²) in [6.07, 6.45) is 0. The van der Waals surface area contributed by atoms with Crippen LogP contribution in [0.5, 0.6) is 0 Å². The number of hydrogen-bond acceptors (Lipinski definition) is 4. The third-order valence-corrected chi connectivity index (χ3v) is 5.90. The lowest BCUT2D eigenvalue weighted by molar-refractivity contribution is -0.140. The molecule has 0 saturated carbocycles. The Bertz CT molecular complexity index is 951. The molecule has 0 bridgehead atoms. The van der Waals surface area contributed by atoms with Crippen LogP contribution in [0.25, 0.3) is 5.76 Å². The van der Waals surface area contributed by atoms with Crippen molar-refractivity contribution in [1.29, 1.82) is 0 Å². The fourth-order valence-corrected chi connectivity index (χ4v) is 3.91. The van der Waals surface area contributed by atoms with E-state index in [4.69, 9.17) is 23.2 Å². The lowest BCUT2D eigenvalue weighted by Gasteiger charge is -2.28. The number of aliphatic hydroxyl groups excluding tert-OH is 1. The Morgan fingerprint density at radius 1 is 0.967 bits per heavy atom. The van der Waals surface area contributed by atoms with Crippen LogP contribution in [-0.4, -0.2) is 52.8 Å². The van der Waals surface area contributed by atoms with Gasteiger partial charge in [0, 0.05) is 28.7 Å². The van der Waals surface area contributed by atoms with Crippen molar-refractivity contribution < 1.29 is 14.7 Å². The molecule has 1 atom stereocenters. The standard InChI is InChI=1S/C23H24Cl2N2O3/c1-3-26(4-2)13-14-27-20(15-5-9-17(24)10-6-15)19(22(29)23(27)30)21(28)16-7-11-18(25)12-8-16/h5-12,20,28H,3-4,13-14H2,1-2H3/t20-/m0/s1. The average Bonchev–Trinajstić information content (AvgIpc) is 3.00. The number of likely N-dealkylation sites (tertiary alicyclic amines) is 1.